The zero-order valence-electron chi connectivity index (χ0n) is 16.2. The zero-order valence-corrected chi connectivity index (χ0v) is 16.2. The van der Waals surface area contributed by atoms with Crippen LogP contribution in [0.3, 0.4) is 0 Å². The zero-order chi connectivity index (χ0) is 19.4. The smallest absolute Gasteiger partial charge is 0.274 e. The highest BCUT2D eigenvalue weighted by molar-refractivity contribution is 6.03. The number of rotatable bonds is 5. The van der Waals surface area contributed by atoms with Gasteiger partial charge in [0.2, 0.25) is 5.95 Å². The van der Waals surface area contributed by atoms with Crippen LogP contribution in [0.15, 0.2) is 54.7 Å². The second kappa shape index (κ2) is 7.99. The predicted octanol–water partition coefficient (Wildman–Crippen LogP) is 4.81. The molecule has 3 aromatic rings. The molecule has 3 rings (SSSR count). The number of nitrogens with one attached hydrogen (secondary N) is 1. The van der Waals surface area contributed by atoms with Crippen LogP contribution in [0.2, 0.25) is 0 Å². The predicted molar refractivity (Wildman–Crippen MR) is 110 cm³/mol. The van der Waals surface area contributed by atoms with Gasteiger partial charge in [-0.15, -0.1) is 0 Å². The average Bonchev–Trinajstić information content (AvgIpc) is 2.66. The van der Waals surface area contributed by atoms with Crippen molar-refractivity contribution in [2.45, 2.75) is 27.7 Å². The first-order valence-electron chi connectivity index (χ1n) is 9.04. The molecule has 1 aromatic heterocycles. The van der Waals surface area contributed by atoms with Gasteiger partial charge in [-0.25, -0.2) is 9.97 Å². The molecule has 0 aliphatic carbocycles. The minimum absolute atomic E-state index is 0.238. The lowest BCUT2D eigenvalue weighted by molar-refractivity contribution is 0.102. The molecule has 138 valence electrons. The fourth-order valence-corrected chi connectivity index (χ4v) is 3.21. The molecule has 0 atom stereocenters. The molecule has 1 heterocycles. The Hall–Kier alpha value is -3.21. The number of carbonyl (C=O) groups is 1. The van der Waals surface area contributed by atoms with Gasteiger partial charge in [0.1, 0.15) is 5.69 Å². The summed E-state index contributed by atoms with van der Waals surface area (Å²) in [4.78, 5) is 23.6. The van der Waals surface area contributed by atoms with Crippen LogP contribution < -0.4 is 10.2 Å². The van der Waals surface area contributed by atoms with E-state index in [1.165, 1.54) is 5.56 Å². The molecule has 0 fully saturated rings. The van der Waals surface area contributed by atoms with Gasteiger partial charge in [0.05, 0.1) is 0 Å². The van der Waals surface area contributed by atoms with Crippen LogP contribution in [0, 0.1) is 20.8 Å². The second-order valence-electron chi connectivity index (χ2n) is 6.55. The molecule has 0 radical (unpaired) electrons. The first-order chi connectivity index (χ1) is 13.0. The molecule has 2 aromatic carbocycles. The topological polar surface area (TPSA) is 58.1 Å². The number of nitrogens with zero attached hydrogens (tertiary/aromatic N) is 3. The van der Waals surface area contributed by atoms with E-state index in [4.69, 9.17) is 0 Å². The second-order valence-corrected chi connectivity index (χ2v) is 6.55. The highest BCUT2D eigenvalue weighted by Crippen LogP contribution is 2.24. The van der Waals surface area contributed by atoms with Crippen LogP contribution in [0.1, 0.15) is 34.1 Å². The monoisotopic (exact) mass is 360 g/mol. The number of hydrogen-bond acceptors (Lipinski definition) is 4. The minimum atomic E-state index is -0.238. The van der Waals surface area contributed by atoms with Crippen LogP contribution in [-0.2, 0) is 0 Å². The lowest BCUT2D eigenvalue weighted by Gasteiger charge is -2.21. The van der Waals surface area contributed by atoms with Gasteiger partial charge in [-0.05, 0) is 57.0 Å². The third-order valence-corrected chi connectivity index (χ3v) is 4.42. The lowest BCUT2D eigenvalue weighted by Crippen LogP contribution is -2.21. The van der Waals surface area contributed by atoms with Crippen LogP contribution in [0.5, 0.6) is 0 Å². The molecule has 0 aliphatic heterocycles. The molecular weight excluding hydrogens is 336 g/mol. The molecule has 5 heteroatoms. The standard InChI is InChI=1S/C22H24N4O/c1-5-26(18-9-7-6-8-10-18)22-23-12-11-19(24-22)21(27)25-20-16(3)13-15(2)14-17(20)4/h6-14H,5H2,1-4H3,(H,25,27). The summed E-state index contributed by atoms with van der Waals surface area (Å²) in [5, 5.41) is 3.00. The number of anilines is 3. The van der Waals surface area contributed by atoms with Gasteiger partial charge in [0.25, 0.3) is 5.91 Å². The maximum Gasteiger partial charge on any atom is 0.274 e. The Kier molecular flexibility index (Phi) is 5.50. The number of hydrogen-bond donors (Lipinski definition) is 1. The summed E-state index contributed by atoms with van der Waals surface area (Å²) in [6, 6.07) is 15.7. The van der Waals surface area contributed by atoms with E-state index >= 15 is 0 Å². The summed E-state index contributed by atoms with van der Waals surface area (Å²) >= 11 is 0. The Morgan fingerprint density at radius 2 is 1.70 bits per heavy atom. The molecule has 0 aliphatic rings. The summed E-state index contributed by atoms with van der Waals surface area (Å²) in [5.74, 6) is 0.270. The minimum Gasteiger partial charge on any atom is -0.320 e. The van der Waals surface area contributed by atoms with E-state index in [0.717, 1.165) is 22.5 Å². The fraction of sp³-hybridized carbons (Fsp3) is 0.227. The molecule has 0 spiro atoms. The number of aryl methyl sites for hydroxylation is 3. The van der Waals surface area contributed by atoms with E-state index in [1.54, 1.807) is 12.3 Å². The highest BCUT2D eigenvalue weighted by atomic mass is 16.1. The van der Waals surface area contributed by atoms with Crippen molar-refractivity contribution in [3.05, 3.63) is 77.1 Å². The number of amides is 1. The Labute approximate surface area is 160 Å². The summed E-state index contributed by atoms with van der Waals surface area (Å²) in [5.41, 5.74) is 5.41. The van der Waals surface area contributed by atoms with Crippen LogP contribution >= 0.6 is 0 Å². The van der Waals surface area contributed by atoms with E-state index in [-0.39, 0.29) is 5.91 Å². The van der Waals surface area contributed by atoms with Crippen LogP contribution in [0.25, 0.3) is 0 Å². The van der Waals surface area contributed by atoms with Crippen LogP contribution in [0.4, 0.5) is 17.3 Å². The molecule has 0 saturated carbocycles. The molecule has 0 unspecified atom stereocenters. The van der Waals surface area contributed by atoms with E-state index in [9.17, 15) is 4.79 Å². The highest BCUT2D eigenvalue weighted by Gasteiger charge is 2.15. The number of para-hydroxylation sites is 1. The Morgan fingerprint density at radius 1 is 1.04 bits per heavy atom. The number of benzene rings is 2. The third kappa shape index (κ3) is 4.14. The van der Waals surface area contributed by atoms with Crippen molar-refractivity contribution in [1.29, 1.82) is 0 Å². The van der Waals surface area contributed by atoms with Crippen molar-refractivity contribution in [2.75, 3.05) is 16.8 Å². The van der Waals surface area contributed by atoms with Gasteiger partial charge in [-0.1, -0.05) is 35.9 Å². The van der Waals surface area contributed by atoms with Crippen molar-refractivity contribution in [1.82, 2.24) is 9.97 Å². The van der Waals surface area contributed by atoms with Crippen LogP contribution in [-0.4, -0.2) is 22.4 Å². The molecule has 0 bridgehead atoms. The molecule has 0 saturated heterocycles. The fourth-order valence-electron chi connectivity index (χ4n) is 3.21. The third-order valence-electron chi connectivity index (χ3n) is 4.42. The van der Waals surface area contributed by atoms with Gasteiger partial charge >= 0.3 is 0 Å². The number of carbonyl (C=O) groups excluding carboxylic acids is 1. The SMILES string of the molecule is CCN(c1ccccc1)c1nccc(C(=O)Nc2c(C)cc(C)cc2C)n1. The molecule has 1 N–H and O–H groups in total. The van der Waals surface area contributed by atoms with Gasteiger partial charge in [0.15, 0.2) is 0 Å². The maximum absolute atomic E-state index is 12.8. The first kappa shape index (κ1) is 18.6. The van der Waals surface area contributed by atoms with Crippen molar-refractivity contribution in [2.24, 2.45) is 0 Å². The van der Waals surface area contributed by atoms with Gasteiger partial charge in [-0.2, -0.15) is 0 Å². The van der Waals surface area contributed by atoms with Gasteiger partial charge in [-0.3, -0.25) is 4.79 Å². The molecular formula is C22H24N4O. The van der Waals surface area contributed by atoms with E-state index in [0.29, 0.717) is 18.2 Å². The van der Waals surface area contributed by atoms with Crippen molar-refractivity contribution in [3.63, 3.8) is 0 Å². The molecule has 1 amide bonds. The maximum atomic E-state index is 12.8. The largest absolute Gasteiger partial charge is 0.320 e. The first-order valence-corrected chi connectivity index (χ1v) is 9.04. The summed E-state index contributed by atoms with van der Waals surface area (Å²) in [7, 11) is 0. The molecule has 27 heavy (non-hydrogen) atoms. The van der Waals surface area contributed by atoms with E-state index < -0.39 is 0 Å². The quantitative estimate of drug-likeness (QED) is 0.709. The summed E-state index contributed by atoms with van der Waals surface area (Å²) in [6.07, 6.45) is 1.62. The Morgan fingerprint density at radius 3 is 2.33 bits per heavy atom. The van der Waals surface area contributed by atoms with Crippen molar-refractivity contribution >= 4 is 23.2 Å². The normalized spacial score (nSPS) is 10.5. The summed E-state index contributed by atoms with van der Waals surface area (Å²) in [6.45, 7) is 8.77. The Bertz CT molecular complexity index is 931. The van der Waals surface area contributed by atoms with Gasteiger partial charge < -0.3 is 10.2 Å². The van der Waals surface area contributed by atoms with Gasteiger partial charge in [0, 0.05) is 24.1 Å². The summed E-state index contributed by atoms with van der Waals surface area (Å²) < 4.78 is 0. The van der Waals surface area contributed by atoms with Crippen molar-refractivity contribution < 1.29 is 4.79 Å². The number of aromatic nitrogens is 2. The van der Waals surface area contributed by atoms with E-state index in [1.807, 2.05) is 62.9 Å². The molecule has 5 nitrogen and oxygen atoms in total. The average molecular weight is 360 g/mol. The lowest BCUT2D eigenvalue weighted by atomic mass is 10.1. The van der Waals surface area contributed by atoms with E-state index in [2.05, 4.69) is 27.4 Å². The van der Waals surface area contributed by atoms with Crippen molar-refractivity contribution in [3.8, 4) is 0 Å². The Balaban J connectivity index is 1.88.